The Hall–Kier alpha value is -1.20. The largest absolute Gasteiger partial charge is 0.377 e. The minimum atomic E-state index is 0.168. The predicted molar refractivity (Wildman–Crippen MR) is 91.1 cm³/mol. The van der Waals surface area contributed by atoms with Gasteiger partial charge in [0.15, 0.2) is 0 Å². The van der Waals surface area contributed by atoms with E-state index < -0.39 is 0 Å². The highest BCUT2D eigenvalue weighted by atomic mass is 79.9. The van der Waals surface area contributed by atoms with E-state index in [4.69, 9.17) is 4.74 Å². The van der Waals surface area contributed by atoms with E-state index >= 15 is 0 Å². The third kappa shape index (κ3) is 1.91. The smallest absolute Gasteiger partial charge is 0.112 e. The van der Waals surface area contributed by atoms with Crippen molar-refractivity contribution in [3.8, 4) is 0 Å². The molecule has 116 valence electrons. The lowest BCUT2D eigenvalue weighted by atomic mass is 9.56. The van der Waals surface area contributed by atoms with E-state index in [0.29, 0.717) is 18.1 Å². The lowest BCUT2D eigenvalue weighted by Gasteiger charge is -2.58. The van der Waals surface area contributed by atoms with Crippen LogP contribution in [0.2, 0.25) is 0 Å². The van der Waals surface area contributed by atoms with E-state index in [1.807, 2.05) is 18.5 Å². The zero-order valence-corrected chi connectivity index (χ0v) is 14.7. The highest BCUT2D eigenvalue weighted by Crippen LogP contribution is 2.55. The Morgan fingerprint density at radius 2 is 2.18 bits per heavy atom. The van der Waals surface area contributed by atoms with Gasteiger partial charge in [-0.3, -0.25) is 9.97 Å². The number of anilines is 1. The van der Waals surface area contributed by atoms with Gasteiger partial charge >= 0.3 is 0 Å². The maximum atomic E-state index is 5.93. The highest BCUT2D eigenvalue weighted by Gasteiger charge is 2.60. The van der Waals surface area contributed by atoms with Gasteiger partial charge in [0.25, 0.3) is 0 Å². The molecule has 0 aromatic carbocycles. The number of pyridine rings is 2. The molecular weight excluding hydrogens is 342 g/mol. The second-order valence-corrected chi connectivity index (χ2v) is 7.89. The summed E-state index contributed by atoms with van der Waals surface area (Å²) in [6.07, 6.45) is 5.27. The first kappa shape index (κ1) is 14.4. The zero-order valence-electron chi connectivity index (χ0n) is 13.1. The van der Waals surface area contributed by atoms with E-state index in [9.17, 15) is 0 Å². The molecule has 3 atom stereocenters. The Morgan fingerprint density at radius 1 is 1.36 bits per heavy atom. The summed E-state index contributed by atoms with van der Waals surface area (Å²) in [4.78, 5) is 11.4. The van der Waals surface area contributed by atoms with E-state index in [1.165, 1.54) is 0 Å². The average molecular weight is 362 g/mol. The van der Waals surface area contributed by atoms with Gasteiger partial charge in [0, 0.05) is 47.9 Å². The molecule has 1 aliphatic heterocycles. The Bertz CT molecular complexity index is 733. The minimum absolute atomic E-state index is 0.168. The van der Waals surface area contributed by atoms with Crippen molar-refractivity contribution in [1.82, 2.24) is 9.97 Å². The van der Waals surface area contributed by atoms with Gasteiger partial charge in [-0.25, -0.2) is 0 Å². The van der Waals surface area contributed by atoms with Gasteiger partial charge in [0.05, 0.1) is 17.3 Å². The third-order valence-electron chi connectivity index (χ3n) is 5.36. The Labute approximate surface area is 139 Å². The number of nitrogens with zero attached hydrogens (tertiary/aromatic N) is 3. The van der Waals surface area contributed by atoms with Crippen LogP contribution in [0, 0.1) is 11.3 Å². The molecular formula is C17H20BrN3O. The third-order valence-corrected chi connectivity index (χ3v) is 5.79. The molecule has 22 heavy (non-hydrogen) atoms. The maximum Gasteiger partial charge on any atom is 0.112 e. The van der Waals surface area contributed by atoms with Crippen LogP contribution in [0.1, 0.15) is 20.3 Å². The molecule has 3 unspecified atom stereocenters. The van der Waals surface area contributed by atoms with Gasteiger partial charge in [0.1, 0.15) is 5.52 Å². The SMILES string of the molecule is CN(c1ccnc2cc(Br)cnc12)C1C2CCOC2C1(C)C. The van der Waals surface area contributed by atoms with Crippen LogP contribution in [-0.4, -0.2) is 35.8 Å². The normalized spacial score (nSPS) is 29.2. The van der Waals surface area contributed by atoms with Crippen molar-refractivity contribution in [2.45, 2.75) is 32.4 Å². The summed E-state index contributed by atoms with van der Waals surface area (Å²) in [7, 11) is 2.18. The van der Waals surface area contributed by atoms with E-state index in [0.717, 1.165) is 34.2 Å². The fourth-order valence-electron chi connectivity index (χ4n) is 4.51. The van der Waals surface area contributed by atoms with E-state index in [-0.39, 0.29) is 5.41 Å². The first-order valence-electron chi connectivity index (χ1n) is 7.75. The molecule has 1 saturated heterocycles. The Balaban J connectivity index is 1.76. The van der Waals surface area contributed by atoms with Crippen molar-refractivity contribution in [2.75, 3.05) is 18.6 Å². The number of fused-ring (bicyclic) bond motifs is 2. The molecule has 0 bridgehead atoms. The fraction of sp³-hybridized carbons (Fsp3) is 0.529. The molecule has 0 amide bonds. The first-order chi connectivity index (χ1) is 10.5. The number of hydrogen-bond acceptors (Lipinski definition) is 4. The van der Waals surface area contributed by atoms with Crippen molar-refractivity contribution in [3.05, 3.63) is 29.0 Å². The monoisotopic (exact) mass is 361 g/mol. The summed E-state index contributed by atoms with van der Waals surface area (Å²) in [6, 6.07) is 4.58. The molecule has 1 aliphatic carbocycles. The summed E-state index contributed by atoms with van der Waals surface area (Å²) in [5.41, 5.74) is 3.21. The lowest BCUT2D eigenvalue weighted by Crippen LogP contribution is -2.66. The molecule has 2 aromatic rings. The van der Waals surface area contributed by atoms with Crippen LogP contribution in [0.5, 0.6) is 0 Å². The second-order valence-electron chi connectivity index (χ2n) is 6.97. The quantitative estimate of drug-likeness (QED) is 0.818. The van der Waals surface area contributed by atoms with Crippen molar-refractivity contribution in [2.24, 2.45) is 11.3 Å². The maximum absolute atomic E-state index is 5.93. The second kappa shape index (κ2) is 4.90. The number of halogens is 1. The number of hydrogen-bond donors (Lipinski definition) is 0. The van der Waals surface area contributed by atoms with Crippen LogP contribution in [-0.2, 0) is 4.74 Å². The van der Waals surface area contributed by atoms with Crippen LogP contribution in [0.3, 0.4) is 0 Å². The molecule has 3 heterocycles. The molecule has 0 spiro atoms. The summed E-state index contributed by atoms with van der Waals surface area (Å²) in [5, 5.41) is 0. The Kier molecular flexibility index (Phi) is 3.20. The summed E-state index contributed by atoms with van der Waals surface area (Å²) >= 11 is 3.47. The van der Waals surface area contributed by atoms with Crippen molar-refractivity contribution in [3.63, 3.8) is 0 Å². The summed E-state index contributed by atoms with van der Waals surface area (Å²) in [5.74, 6) is 0.624. The van der Waals surface area contributed by atoms with Gasteiger partial charge in [-0.05, 0) is 34.5 Å². The van der Waals surface area contributed by atoms with Crippen molar-refractivity contribution >= 4 is 32.7 Å². The topological polar surface area (TPSA) is 38.2 Å². The summed E-state index contributed by atoms with van der Waals surface area (Å²) in [6.45, 7) is 5.52. The molecule has 2 aromatic heterocycles. The predicted octanol–water partition coefficient (Wildman–Crippen LogP) is 3.64. The van der Waals surface area contributed by atoms with Gasteiger partial charge in [-0.2, -0.15) is 0 Å². The number of rotatable bonds is 2. The molecule has 1 saturated carbocycles. The van der Waals surface area contributed by atoms with Gasteiger partial charge in [0.2, 0.25) is 0 Å². The Morgan fingerprint density at radius 3 is 3.00 bits per heavy atom. The molecule has 0 N–H and O–H groups in total. The van der Waals surface area contributed by atoms with Crippen LogP contribution >= 0.6 is 15.9 Å². The van der Waals surface area contributed by atoms with Crippen LogP contribution < -0.4 is 4.90 Å². The molecule has 4 rings (SSSR count). The van der Waals surface area contributed by atoms with Crippen molar-refractivity contribution < 1.29 is 4.74 Å². The summed E-state index contributed by atoms with van der Waals surface area (Å²) < 4.78 is 6.88. The van der Waals surface area contributed by atoms with Crippen LogP contribution in [0.25, 0.3) is 11.0 Å². The lowest BCUT2D eigenvalue weighted by molar-refractivity contribution is -0.100. The van der Waals surface area contributed by atoms with Crippen molar-refractivity contribution in [1.29, 1.82) is 0 Å². The van der Waals surface area contributed by atoms with Gasteiger partial charge < -0.3 is 9.64 Å². The molecule has 4 nitrogen and oxygen atoms in total. The molecule has 2 fully saturated rings. The molecule has 0 radical (unpaired) electrons. The molecule has 2 aliphatic rings. The highest BCUT2D eigenvalue weighted by molar-refractivity contribution is 9.10. The van der Waals surface area contributed by atoms with Gasteiger partial charge in [-0.15, -0.1) is 0 Å². The standard InChI is InChI=1S/C17H20BrN3O/c1-17(2)15(11-5-7-22-16(11)17)21(3)13-4-6-19-12-8-10(18)9-20-14(12)13/h4,6,8-9,11,15-16H,5,7H2,1-3H3. The number of aromatic nitrogens is 2. The average Bonchev–Trinajstić information content (AvgIpc) is 2.92. The van der Waals surface area contributed by atoms with Gasteiger partial charge in [-0.1, -0.05) is 13.8 Å². The van der Waals surface area contributed by atoms with Crippen LogP contribution in [0.15, 0.2) is 29.0 Å². The van der Waals surface area contributed by atoms with E-state index in [2.05, 4.69) is 57.8 Å². The minimum Gasteiger partial charge on any atom is -0.377 e. The fourth-order valence-corrected chi connectivity index (χ4v) is 4.83. The zero-order chi connectivity index (χ0) is 15.5. The van der Waals surface area contributed by atoms with E-state index in [1.54, 1.807) is 0 Å². The number of ether oxygens (including phenoxy) is 1. The first-order valence-corrected chi connectivity index (χ1v) is 8.54. The van der Waals surface area contributed by atoms with Crippen LogP contribution in [0.4, 0.5) is 5.69 Å². The molecule has 5 heteroatoms.